The number of aryl methyl sites for hydroxylation is 1. The quantitative estimate of drug-likeness (QED) is 0.428. The molecule has 0 aliphatic heterocycles. The van der Waals surface area contributed by atoms with Gasteiger partial charge in [-0.15, -0.1) is 16.8 Å². The second-order valence-electron chi connectivity index (χ2n) is 4.90. The predicted octanol–water partition coefficient (Wildman–Crippen LogP) is 2.93. The molecule has 0 radical (unpaired) electrons. The Morgan fingerprint density at radius 2 is 2.04 bits per heavy atom. The van der Waals surface area contributed by atoms with Crippen LogP contribution in [0, 0.1) is 6.92 Å². The van der Waals surface area contributed by atoms with Gasteiger partial charge in [0.1, 0.15) is 0 Å². The fraction of sp³-hybridized carbons (Fsp3) is 0.267. The SMILES string of the molecule is C=CCSc1nnc(NC(=O)CCS(=O)(=O)c2ccc(C)cc2)s1. The fourth-order valence-corrected chi connectivity index (χ4v) is 4.49. The van der Waals surface area contributed by atoms with Crippen molar-refractivity contribution in [1.29, 1.82) is 0 Å². The average Bonchev–Trinajstić information content (AvgIpc) is 2.99. The highest BCUT2D eigenvalue weighted by Crippen LogP contribution is 2.25. The van der Waals surface area contributed by atoms with Gasteiger partial charge in [-0.1, -0.05) is 46.9 Å². The normalized spacial score (nSPS) is 11.2. The van der Waals surface area contributed by atoms with E-state index in [-0.39, 0.29) is 17.1 Å². The number of benzene rings is 1. The number of thioether (sulfide) groups is 1. The number of hydrogen-bond donors (Lipinski definition) is 1. The molecule has 24 heavy (non-hydrogen) atoms. The molecule has 0 bridgehead atoms. The van der Waals surface area contributed by atoms with Crippen LogP contribution in [0.4, 0.5) is 5.13 Å². The topological polar surface area (TPSA) is 89.0 Å². The molecule has 0 spiro atoms. The molecule has 0 aliphatic rings. The van der Waals surface area contributed by atoms with Crippen molar-refractivity contribution in [2.24, 2.45) is 0 Å². The smallest absolute Gasteiger partial charge is 0.227 e. The number of hydrogen-bond acceptors (Lipinski definition) is 7. The lowest BCUT2D eigenvalue weighted by Crippen LogP contribution is -2.17. The van der Waals surface area contributed by atoms with E-state index in [0.29, 0.717) is 10.9 Å². The van der Waals surface area contributed by atoms with Gasteiger partial charge in [-0.2, -0.15) is 0 Å². The summed E-state index contributed by atoms with van der Waals surface area (Å²) in [7, 11) is -3.48. The lowest BCUT2D eigenvalue weighted by molar-refractivity contribution is -0.115. The first-order chi connectivity index (χ1) is 11.4. The molecule has 1 N–H and O–H groups in total. The van der Waals surface area contributed by atoms with Crippen molar-refractivity contribution < 1.29 is 13.2 Å². The zero-order valence-corrected chi connectivity index (χ0v) is 15.5. The fourth-order valence-electron chi connectivity index (χ4n) is 1.72. The van der Waals surface area contributed by atoms with E-state index in [1.807, 2.05) is 6.92 Å². The summed E-state index contributed by atoms with van der Waals surface area (Å²) in [6.07, 6.45) is 1.62. The summed E-state index contributed by atoms with van der Waals surface area (Å²) in [5, 5.41) is 10.7. The standard InChI is InChI=1S/C15H17N3O3S3/c1-3-9-22-15-18-17-14(23-15)16-13(19)8-10-24(20,21)12-6-4-11(2)5-7-12/h3-7H,1,8-10H2,2H3,(H,16,17,19). The summed E-state index contributed by atoms with van der Waals surface area (Å²) in [6.45, 7) is 5.50. The molecule has 1 heterocycles. The molecule has 0 atom stereocenters. The molecule has 0 saturated carbocycles. The van der Waals surface area contributed by atoms with Crippen LogP contribution < -0.4 is 5.32 Å². The summed E-state index contributed by atoms with van der Waals surface area (Å²) < 4.78 is 25.1. The van der Waals surface area contributed by atoms with Crippen LogP contribution in [0.5, 0.6) is 0 Å². The second kappa shape index (κ2) is 8.41. The summed E-state index contributed by atoms with van der Waals surface area (Å²) in [4.78, 5) is 12.1. The highest BCUT2D eigenvalue weighted by molar-refractivity contribution is 8.01. The number of anilines is 1. The van der Waals surface area contributed by atoms with E-state index in [4.69, 9.17) is 0 Å². The maximum absolute atomic E-state index is 12.2. The minimum atomic E-state index is -3.48. The summed E-state index contributed by atoms with van der Waals surface area (Å²) in [6, 6.07) is 6.57. The third-order valence-corrected chi connectivity index (χ3v) is 6.66. The molecule has 9 heteroatoms. The first-order valence-electron chi connectivity index (χ1n) is 7.07. The Morgan fingerprint density at radius 3 is 2.71 bits per heavy atom. The minimum Gasteiger partial charge on any atom is -0.300 e. The number of nitrogens with zero attached hydrogens (tertiary/aromatic N) is 2. The zero-order chi connectivity index (χ0) is 17.6. The van der Waals surface area contributed by atoms with Crippen LogP contribution in [-0.4, -0.2) is 36.0 Å². The molecule has 0 aliphatic carbocycles. The minimum absolute atomic E-state index is 0.134. The van der Waals surface area contributed by atoms with Crippen LogP contribution in [-0.2, 0) is 14.6 Å². The Balaban J connectivity index is 1.89. The maximum Gasteiger partial charge on any atom is 0.227 e. The van der Waals surface area contributed by atoms with Crippen molar-refractivity contribution in [3.63, 3.8) is 0 Å². The van der Waals surface area contributed by atoms with Crippen molar-refractivity contribution in [2.75, 3.05) is 16.8 Å². The van der Waals surface area contributed by atoms with Gasteiger partial charge in [0.25, 0.3) is 0 Å². The highest BCUT2D eigenvalue weighted by Gasteiger charge is 2.17. The van der Waals surface area contributed by atoms with Gasteiger partial charge in [-0.3, -0.25) is 4.79 Å². The Morgan fingerprint density at radius 1 is 1.33 bits per heavy atom. The van der Waals surface area contributed by atoms with E-state index >= 15 is 0 Å². The first kappa shape index (κ1) is 18.6. The average molecular weight is 384 g/mol. The third-order valence-electron chi connectivity index (χ3n) is 2.96. The van der Waals surface area contributed by atoms with Gasteiger partial charge >= 0.3 is 0 Å². The molecule has 0 fully saturated rings. The molecule has 0 saturated heterocycles. The van der Waals surface area contributed by atoms with Gasteiger partial charge in [-0.25, -0.2) is 8.42 Å². The maximum atomic E-state index is 12.2. The molecule has 1 aromatic carbocycles. The summed E-state index contributed by atoms with van der Waals surface area (Å²) >= 11 is 2.71. The highest BCUT2D eigenvalue weighted by atomic mass is 32.2. The molecule has 6 nitrogen and oxygen atoms in total. The first-order valence-corrected chi connectivity index (χ1v) is 10.5. The lowest BCUT2D eigenvalue weighted by Gasteiger charge is -2.05. The molecule has 2 rings (SSSR count). The molecule has 128 valence electrons. The van der Waals surface area contributed by atoms with Crippen molar-refractivity contribution in [1.82, 2.24) is 10.2 Å². The van der Waals surface area contributed by atoms with Crippen molar-refractivity contribution in [2.45, 2.75) is 22.6 Å². The Hall–Kier alpha value is -1.71. The molecular formula is C15H17N3O3S3. The van der Waals surface area contributed by atoms with Gasteiger partial charge in [0.15, 0.2) is 14.2 Å². The Labute approximate surface area is 149 Å². The zero-order valence-electron chi connectivity index (χ0n) is 13.1. The van der Waals surface area contributed by atoms with Crippen LogP contribution in [0.1, 0.15) is 12.0 Å². The van der Waals surface area contributed by atoms with E-state index in [0.717, 1.165) is 9.90 Å². The molecule has 2 aromatic rings. The summed E-state index contributed by atoms with van der Waals surface area (Å²) in [5.41, 5.74) is 0.980. The number of rotatable bonds is 8. The van der Waals surface area contributed by atoms with Gasteiger partial charge in [0.05, 0.1) is 10.6 Å². The molecular weight excluding hydrogens is 366 g/mol. The Bertz CT molecular complexity index is 814. The molecule has 1 amide bonds. The molecule has 0 unspecified atom stereocenters. The van der Waals surface area contributed by atoms with Crippen LogP contribution >= 0.6 is 23.1 Å². The van der Waals surface area contributed by atoms with Gasteiger partial charge < -0.3 is 5.32 Å². The monoisotopic (exact) mass is 383 g/mol. The van der Waals surface area contributed by atoms with Gasteiger partial charge in [0.2, 0.25) is 11.0 Å². The van der Waals surface area contributed by atoms with Crippen molar-refractivity contribution >= 4 is 44.0 Å². The van der Waals surface area contributed by atoms with E-state index in [1.165, 1.54) is 23.1 Å². The summed E-state index contributed by atoms with van der Waals surface area (Å²) in [5.74, 6) is 0.0537. The van der Waals surface area contributed by atoms with E-state index in [2.05, 4.69) is 22.1 Å². The van der Waals surface area contributed by atoms with Crippen LogP contribution in [0.15, 0.2) is 46.2 Å². The van der Waals surface area contributed by atoms with E-state index < -0.39 is 15.7 Å². The van der Waals surface area contributed by atoms with Crippen LogP contribution in [0.2, 0.25) is 0 Å². The van der Waals surface area contributed by atoms with Crippen molar-refractivity contribution in [3.8, 4) is 0 Å². The molecule has 1 aromatic heterocycles. The van der Waals surface area contributed by atoms with Crippen molar-refractivity contribution in [3.05, 3.63) is 42.5 Å². The van der Waals surface area contributed by atoms with E-state index in [1.54, 1.807) is 30.3 Å². The Kier molecular flexibility index (Phi) is 6.52. The third kappa shape index (κ3) is 5.43. The number of carbonyl (C=O) groups excluding carboxylic acids is 1. The second-order valence-corrected chi connectivity index (χ2v) is 9.26. The number of carbonyl (C=O) groups is 1. The number of amides is 1. The van der Waals surface area contributed by atoms with Gasteiger partial charge in [0, 0.05) is 12.2 Å². The van der Waals surface area contributed by atoms with Gasteiger partial charge in [-0.05, 0) is 19.1 Å². The van der Waals surface area contributed by atoms with E-state index in [9.17, 15) is 13.2 Å². The largest absolute Gasteiger partial charge is 0.300 e. The van der Waals surface area contributed by atoms with Crippen LogP contribution in [0.25, 0.3) is 0 Å². The predicted molar refractivity (Wildman–Crippen MR) is 97.3 cm³/mol. The number of aromatic nitrogens is 2. The lowest BCUT2D eigenvalue weighted by atomic mass is 10.2. The van der Waals surface area contributed by atoms with Crippen LogP contribution in [0.3, 0.4) is 0 Å². The number of sulfone groups is 1. The number of nitrogens with one attached hydrogen (secondary N) is 1.